The van der Waals surface area contributed by atoms with Crippen LogP contribution < -0.4 is 0 Å². The molecular formula is C17H21N. The molecule has 0 N–H and O–H groups in total. The van der Waals surface area contributed by atoms with Gasteiger partial charge >= 0.3 is 0 Å². The number of hydrogen-bond donors (Lipinski definition) is 0. The third kappa shape index (κ3) is 2.80. The molecule has 0 unspecified atom stereocenters. The van der Waals surface area contributed by atoms with Gasteiger partial charge in [0.05, 0.1) is 0 Å². The van der Waals surface area contributed by atoms with E-state index in [1.807, 2.05) is 0 Å². The first kappa shape index (κ1) is 12.8. The Morgan fingerprint density at radius 2 is 1.11 bits per heavy atom. The molecule has 0 aliphatic carbocycles. The van der Waals surface area contributed by atoms with E-state index in [-0.39, 0.29) is 0 Å². The van der Waals surface area contributed by atoms with Crippen LogP contribution in [0, 0.1) is 0 Å². The topological polar surface area (TPSA) is 3.24 Å². The third-order valence-corrected chi connectivity index (χ3v) is 3.61. The van der Waals surface area contributed by atoms with Crippen LogP contribution in [0.15, 0.2) is 60.7 Å². The smallest absolute Gasteiger partial charge is 0.0242 e. The lowest BCUT2D eigenvalue weighted by molar-refractivity contribution is 0.289. The summed E-state index contributed by atoms with van der Waals surface area (Å²) in [5, 5.41) is 0. The molecule has 18 heavy (non-hydrogen) atoms. The first-order valence-corrected chi connectivity index (χ1v) is 6.46. The first-order chi connectivity index (χ1) is 8.70. The lowest BCUT2D eigenvalue weighted by Gasteiger charge is -2.30. The van der Waals surface area contributed by atoms with Gasteiger partial charge < -0.3 is 4.90 Å². The van der Waals surface area contributed by atoms with Crippen molar-refractivity contribution in [2.75, 3.05) is 14.1 Å². The molecule has 0 saturated carbocycles. The lowest BCUT2D eigenvalue weighted by Crippen LogP contribution is -2.31. The van der Waals surface area contributed by atoms with Crippen LogP contribution in [0.3, 0.4) is 0 Å². The van der Waals surface area contributed by atoms with Gasteiger partial charge in [0.2, 0.25) is 0 Å². The molecule has 0 fully saturated rings. The number of benzene rings is 2. The molecular weight excluding hydrogens is 218 g/mol. The van der Waals surface area contributed by atoms with Crippen LogP contribution in [-0.4, -0.2) is 25.0 Å². The van der Waals surface area contributed by atoms with Crippen molar-refractivity contribution in [1.82, 2.24) is 4.90 Å². The van der Waals surface area contributed by atoms with Crippen molar-refractivity contribution >= 4 is 0 Å². The second-order valence-electron chi connectivity index (χ2n) is 5.00. The molecule has 2 rings (SSSR count). The summed E-state index contributed by atoms with van der Waals surface area (Å²) >= 11 is 0. The molecule has 2 aromatic carbocycles. The highest BCUT2D eigenvalue weighted by Crippen LogP contribution is 2.29. The zero-order valence-corrected chi connectivity index (χ0v) is 11.4. The summed E-state index contributed by atoms with van der Waals surface area (Å²) in [6, 6.07) is 22.0. The summed E-state index contributed by atoms with van der Waals surface area (Å²) in [6.07, 6.45) is 0. The highest BCUT2D eigenvalue weighted by atomic mass is 15.1. The first-order valence-electron chi connectivity index (χ1n) is 6.46. The van der Waals surface area contributed by atoms with Gasteiger partial charge in [-0.1, -0.05) is 60.7 Å². The molecule has 2 aromatic rings. The lowest BCUT2D eigenvalue weighted by atomic mass is 9.85. The average Bonchev–Trinajstić information content (AvgIpc) is 2.41. The average molecular weight is 239 g/mol. The van der Waals surface area contributed by atoms with Crippen molar-refractivity contribution in [3.05, 3.63) is 71.8 Å². The van der Waals surface area contributed by atoms with Gasteiger partial charge in [-0.05, 0) is 32.1 Å². The molecule has 1 atom stereocenters. The van der Waals surface area contributed by atoms with Gasteiger partial charge in [-0.15, -0.1) is 0 Å². The van der Waals surface area contributed by atoms with Gasteiger partial charge in [-0.25, -0.2) is 0 Å². The number of hydrogen-bond acceptors (Lipinski definition) is 1. The van der Waals surface area contributed by atoms with E-state index < -0.39 is 0 Å². The monoisotopic (exact) mass is 239 g/mol. The van der Waals surface area contributed by atoms with E-state index in [1.165, 1.54) is 11.1 Å². The maximum atomic E-state index is 2.28. The Bertz CT molecular complexity index is 422. The number of likely N-dealkylation sites (N-methyl/N-ethyl adjacent to an activating group) is 1. The van der Waals surface area contributed by atoms with Gasteiger partial charge in [0.15, 0.2) is 0 Å². The number of rotatable bonds is 4. The quantitative estimate of drug-likeness (QED) is 0.785. The second kappa shape index (κ2) is 5.83. The van der Waals surface area contributed by atoms with Crippen LogP contribution in [0.1, 0.15) is 24.0 Å². The molecule has 94 valence electrons. The summed E-state index contributed by atoms with van der Waals surface area (Å²) in [7, 11) is 4.28. The zero-order valence-electron chi connectivity index (χ0n) is 11.4. The third-order valence-electron chi connectivity index (χ3n) is 3.61. The molecule has 0 spiro atoms. The van der Waals surface area contributed by atoms with Crippen molar-refractivity contribution < 1.29 is 0 Å². The summed E-state index contributed by atoms with van der Waals surface area (Å²) in [5.74, 6) is 0.419. The normalized spacial score (nSPS) is 12.9. The van der Waals surface area contributed by atoms with Crippen LogP contribution in [0.4, 0.5) is 0 Å². The van der Waals surface area contributed by atoms with E-state index in [9.17, 15) is 0 Å². The predicted molar refractivity (Wildman–Crippen MR) is 77.9 cm³/mol. The molecule has 0 aliphatic rings. The van der Waals surface area contributed by atoms with Gasteiger partial charge in [0.25, 0.3) is 0 Å². The van der Waals surface area contributed by atoms with Crippen molar-refractivity contribution in [1.29, 1.82) is 0 Å². The maximum absolute atomic E-state index is 2.28. The molecule has 0 aromatic heterocycles. The van der Waals surface area contributed by atoms with Crippen LogP contribution in [0.5, 0.6) is 0 Å². The Labute approximate surface area is 110 Å². The Kier molecular flexibility index (Phi) is 4.16. The second-order valence-corrected chi connectivity index (χ2v) is 5.00. The SMILES string of the molecule is C[C@H](C(c1ccccc1)c1ccccc1)N(C)C. The summed E-state index contributed by atoms with van der Waals surface area (Å²) in [6.45, 7) is 2.28. The standard InChI is InChI=1S/C17H21N/c1-14(18(2)3)17(15-10-6-4-7-11-15)16-12-8-5-9-13-16/h4-14,17H,1-3H3/t14-/m1/s1. The van der Waals surface area contributed by atoms with E-state index >= 15 is 0 Å². The predicted octanol–water partition coefficient (Wildman–Crippen LogP) is 3.77. The van der Waals surface area contributed by atoms with Crippen molar-refractivity contribution in [2.45, 2.75) is 18.9 Å². The summed E-state index contributed by atoms with van der Waals surface area (Å²) < 4.78 is 0. The fraction of sp³-hybridized carbons (Fsp3) is 0.294. The molecule has 0 amide bonds. The van der Waals surface area contributed by atoms with Crippen molar-refractivity contribution in [2.24, 2.45) is 0 Å². The minimum absolute atomic E-state index is 0.419. The van der Waals surface area contributed by atoms with Gasteiger partial charge in [-0.2, -0.15) is 0 Å². The van der Waals surface area contributed by atoms with Crippen LogP contribution in [0.2, 0.25) is 0 Å². The van der Waals surface area contributed by atoms with E-state index in [0.717, 1.165) is 0 Å². The van der Waals surface area contributed by atoms with E-state index in [4.69, 9.17) is 0 Å². The fourth-order valence-electron chi connectivity index (χ4n) is 2.37. The Morgan fingerprint density at radius 3 is 1.44 bits per heavy atom. The molecule has 0 aliphatic heterocycles. The molecule has 0 saturated heterocycles. The van der Waals surface area contributed by atoms with Gasteiger partial charge in [0.1, 0.15) is 0 Å². The molecule has 1 nitrogen and oxygen atoms in total. The fourth-order valence-corrected chi connectivity index (χ4v) is 2.37. The minimum Gasteiger partial charge on any atom is -0.306 e. The van der Waals surface area contributed by atoms with E-state index in [0.29, 0.717) is 12.0 Å². The molecule has 0 radical (unpaired) electrons. The van der Waals surface area contributed by atoms with Crippen LogP contribution in [-0.2, 0) is 0 Å². The summed E-state index contributed by atoms with van der Waals surface area (Å²) in [4.78, 5) is 2.28. The molecule has 1 heteroatoms. The van der Waals surface area contributed by atoms with Crippen molar-refractivity contribution in [3.63, 3.8) is 0 Å². The maximum Gasteiger partial charge on any atom is 0.0242 e. The highest BCUT2D eigenvalue weighted by Gasteiger charge is 2.22. The largest absolute Gasteiger partial charge is 0.306 e. The van der Waals surface area contributed by atoms with Gasteiger partial charge in [0, 0.05) is 12.0 Å². The Balaban J connectivity index is 2.42. The van der Waals surface area contributed by atoms with Crippen molar-refractivity contribution in [3.8, 4) is 0 Å². The van der Waals surface area contributed by atoms with E-state index in [2.05, 4.69) is 86.6 Å². The van der Waals surface area contributed by atoms with E-state index in [1.54, 1.807) is 0 Å². The zero-order chi connectivity index (χ0) is 13.0. The van der Waals surface area contributed by atoms with Gasteiger partial charge in [-0.3, -0.25) is 0 Å². The number of nitrogens with zero attached hydrogens (tertiary/aromatic N) is 1. The Hall–Kier alpha value is -1.60. The Morgan fingerprint density at radius 1 is 0.722 bits per heavy atom. The minimum atomic E-state index is 0.419. The van der Waals surface area contributed by atoms with Crippen LogP contribution >= 0.6 is 0 Å². The molecule has 0 heterocycles. The molecule has 0 bridgehead atoms. The summed E-state index contributed by atoms with van der Waals surface area (Å²) in [5.41, 5.74) is 2.76. The van der Waals surface area contributed by atoms with Crippen LogP contribution in [0.25, 0.3) is 0 Å². The highest BCUT2D eigenvalue weighted by molar-refractivity contribution is 5.34.